The van der Waals surface area contributed by atoms with E-state index in [0.29, 0.717) is 12.1 Å². The summed E-state index contributed by atoms with van der Waals surface area (Å²) in [7, 11) is 0. The summed E-state index contributed by atoms with van der Waals surface area (Å²) in [5.41, 5.74) is 2.91. The van der Waals surface area contributed by atoms with Gasteiger partial charge in [-0.2, -0.15) is 0 Å². The topological polar surface area (TPSA) is 19.0 Å². The van der Waals surface area contributed by atoms with E-state index >= 15 is 0 Å². The quantitative estimate of drug-likeness (QED) is 0.698. The summed E-state index contributed by atoms with van der Waals surface area (Å²) in [5, 5.41) is 0. The average molecular weight is 178 g/mol. The van der Waals surface area contributed by atoms with Gasteiger partial charge in [0.05, 0.1) is 0 Å². The first-order valence-electron chi connectivity index (χ1n) is 5.09. The highest BCUT2D eigenvalue weighted by Crippen LogP contribution is 2.23. The number of rotatable bonds is 1. The van der Waals surface area contributed by atoms with Crippen LogP contribution >= 0.6 is 0 Å². The van der Waals surface area contributed by atoms with E-state index in [1.807, 2.05) is 0 Å². The van der Waals surface area contributed by atoms with Crippen LogP contribution in [-0.2, 0) is 13.0 Å². The van der Waals surface area contributed by atoms with E-state index in [9.17, 15) is 0 Å². The molecule has 2 rings (SSSR count). The van der Waals surface area contributed by atoms with Crippen LogP contribution in [-0.4, -0.2) is 22.0 Å². The van der Waals surface area contributed by atoms with Crippen molar-refractivity contribution in [1.82, 2.24) is 9.88 Å². The summed E-state index contributed by atoms with van der Waals surface area (Å²) < 4.78 is 0. The first-order valence-corrected chi connectivity index (χ1v) is 5.09. The maximum absolute atomic E-state index is 3.32. The van der Waals surface area contributed by atoms with E-state index in [4.69, 9.17) is 0 Å². The fraction of sp³-hybridized carbons (Fsp3) is 0.636. The predicted octanol–water partition coefficient (Wildman–Crippen LogP) is 2.17. The minimum Gasteiger partial charge on any atom is -0.365 e. The molecule has 72 valence electrons. The Morgan fingerprint density at radius 2 is 2.31 bits per heavy atom. The third-order valence-corrected chi connectivity index (χ3v) is 3.01. The van der Waals surface area contributed by atoms with Crippen molar-refractivity contribution in [1.29, 1.82) is 0 Å². The second kappa shape index (κ2) is 3.18. The van der Waals surface area contributed by atoms with Crippen molar-refractivity contribution in [3.63, 3.8) is 0 Å². The third-order valence-electron chi connectivity index (χ3n) is 3.01. The van der Waals surface area contributed by atoms with Crippen LogP contribution in [0.2, 0.25) is 0 Å². The number of nitrogens with one attached hydrogen (secondary N) is 1. The van der Waals surface area contributed by atoms with Gasteiger partial charge in [0.25, 0.3) is 0 Å². The standard InChI is InChI=1S/C11H18N2/c1-8(2)13-7-10-4-5-12-11(10)6-9(13)3/h4-5,8-9,12H,6-7H2,1-3H3. The number of nitrogens with zero attached hydrogens (tertiary/aromatic N) is 1. The Morgan fingerprint density at radius 3 is 3.00 bits per heavy atom. The highest BCUT2D eigenvalue weighted by molar-refractivity contribution is 5.24. The smallest absolute Gasteiger partial charge is 0.0257 e. The van der Waals surface area contributed by atoms with Gasteiger partial charge in [0.2, 0.25) is 0 Å². The largest absolute Gasteiger partial charge is 0.365 e. The molecular formula is C11H18N2. The van der Waals surface area contributed by atoms with Crippen molar-refractivity contribution in [3.8, 4) is 0 Å². The SMILES string of the molecule is CC(C)N1Cc2cc[nH]c2CC1C. The first-order chi connectivity index (χ1) is 6.18. The van der Waals surface area contributed by atoms with Crippen LogP contribution in [0.5, 0.6) is 0 Å². The molecule has 13 heavy (non-hydrogen) atoms. The molecule has 2 nitrogen and oxygen atoms in total. The van der Waals surface area contributed by atoms with E-state index in [-0.39, 0.29) is 0 Å². The number of aromatic amines is 1. The van der Waals surface area contributed by atoms with Crippen molar-refractivity contribution >= 4 is 0 Å². The van der Waals surface area contributed by atoms with Gasteiger partial charge < -0.3 is 4.98 Å². The molecule has 0 saturated carbocycles. The molecule has 0 saturated heterocycles. The number of hydrogen-bond acceptors (Lipinski definition) is 1. The van der Waals surface area contributed by atoms with E-state index in [2.05, 4.69) is 42.9 Å². The molecule has 1 aromatic heterocycles. The van der Waals surface area contributed by atoms with Gasteiger partial charge in [0, 0.05) is 36.9 Å². The molecule has 1 atom stereocenters. The molecule has 2 heterocycles. The highest BCUT2D eigenvalue weighted by atomic mass is 15.2. The van der Waals surface area contributed by atoms with Gasteiger partial charge in [0.15, 0.2) is 0 Å². The molecule has 0 aliphatic carbocycles. The Kier molecular flexibility index (Phi) is 2.16. The Morgan fingerprint density at radius 1 is 1.54 bits per heavy atom. The molecule has 0 amide bonds. The average Bonchev–Trinajstić information content (AvgIpc) is 2.48. The van der Waals surface area contributed by atoms with Gasteiger partial charge in [0.1, 0.15) is 0 Å². The van der Waals surface area contributed by atoms with E-state index in [0.717, 1.165) is 6.54 Å². The number of hydrogen-bond donors (Lipinski definition) is 1. The van der Waals surface area contributed by atoms with Crippen molar-refractivity contribution in [2.45, 2.75) is 45.8 Å². The summed E-state index contributed by atoms with van der Waals surface area (Å²) in [4.78, 5) is 5.87. The lowest BCUT2D eigenvalue weighted by atomic mass is 10.0. The van der Waals surface area contributed by atoms with Gasteiger partial charge in [-0.3, -0.25) is 4.90 Å². The predicted molar refractivity (Wildman–Crippen MR) is 54.6 cm³/mol. The molecule has 0 fully saturated rings. The van der Waals surface area contributed by atoms with Crippen molar-refractivity contribution in [2.75, 3.05) is 0 Å². The summed E-state index contributed by atoms with van der Waals surface area (Å²) >= 11 is 0. The first kappa shape index (κ1) is 8.82. The van der Waals surface area contributed by atoms with Crippen LogP contribution in [0.25, 0.3) is 0 Å². The summed E-state index contributed by atoms with van der Waals surface area (Å²) in [5.74, 6) is 0. The van der Waals surface area contributed by atoms with Crippen molar-refractivity contribution < 1.29 is 0 Å². The Balaban J connectivity index is 2.22. The van der Waals surface area contributed by atoms with Crippen LogP contribution in [0.4, 0.5) is 0 Å². The molecule has 0 aromatic carbocycles. The molecule has 1 unspecified atom stereocenters. The molecule has 1 N–H and O–H groups in total. The Hall–Kier alpha value is -0.760. The molecule has 2 heteroatoms. The number of fused-ring (bicyclic) bond motifs is 1. The van der Waals surface area contributed by atoms with Gasteiger partial charge in [-0.05, 0) is 32.4 Å². The second-order valence-corrected chi connectivity index (χ2v) is 4.30. The second-order valence-electron chi connectivity index (χ2n) is 4.30. The lowest BCUT2D eigenvalue weighted by Crippen LogP contribution is -2.42. The van der Waals surface area contributed by atoms with Crippen LogP contribution in [0, 0.1) is 0 Å². The summed E-state index contributed by atoms with van der Waals surface area (Å²) in [6, 6.07) is 3.53. The number of H-pyrrole nitrogens is 1. The molecule has 0 radical (unpaired) electrons. The zero-order chi connectivity index (χ0) is 9.42. The zero-order valence-corrected chi connectivity index (χ0v) is 8.67. The molecule has 1 aliphatic heterocycles. The van der Waals surface area contributed by atoms with E-state index in [1.54, 1.807) is 0 Å². The third kappa shape index (κ3) is 1.51. The van der Waals surface area contributed by atoms with E-state index in [1.165, 1.54) is 17.7 Å². The fourth-order valence-corrected chi connectivity index (χ4v) is 2.23. The van der Waals surface area contributed by atoms with Crippen LogP contribution < -0.4 is 0 Å². The lowest BCUT2D eigenvalue weighted by molar-refractivity contribution is 0.141. The van der Waals surface area contributed by atoms with Crippen LogP contribution in [0.3, 0.4) is 0 Å². The Bertz CT molecular complexity index is 288. The van der Waals surface area contributed by atoms with Gasteiger partial charge in [-0.1, -0.05) is 0 Å². The van der Waals surface area contributed by atoms with Gasteiger partial charge in [-0.25, -0.2) is 0 Å². The number of aromatic nitrogens is 1. The van der Waals surface area contributed by atoms with Gasteiger partial charge in [-0.15, -0.1) is 0 Å². The van der Waals surface area contributed by atoms with Gasteiger partial charge >= 0.3 is 0 Å². The highest BCUT2D eigenvalue weighted by Gasteiger charge is 2.24. The fourth-order valence-electron chi connectivity index (χ4n) is 2.23. The minimum absolute atomic E-state index is 0.651. The maximum Gasteiger partial charge on any atom is 0.0257 e. The molecule has 1 aromatic rings. The monoisotopic (exact) mass is 178 g/mol. The summed E-state index contributed by atoms with van der Waals surface area (Å²) in [6.07, 6.45) is 3.22. The molecular weight excluding hydrogens is 160 g/mol. The van der Waals surface area contributed by atoms with Crippen LogP contribution in [0.1, 0.15) is 32.0 Å². The maximum atomic E-state index is 3.32. The normalized spacial score (nSPS) is 23.5. The minimum atomic E-state index is 0.651. The summed E-state index contributed by atoms with van der Waals surface area (Å²) in [6.45, 7) is 7.96. The van der Waals surface area contributed by atoms with Crippen LogP contribution in [0.15, 0.2) is 12.3 Å². The molecule has 0 spiro atoms. The zero-order valence-electron chi connectivity index (χ0n) is 8.67. The lowest BCUT2D eigenvalue weighted by Gasteiger charge is -2.36. The molecule has 1 aliphatic rings. The molecule has 0 bridgehead atoms. The Labute approximate surface area is 79.9 Å². The van der Waals surface area contributed by atoms with E-state index < -0.39 is 0 Å². The van der Waals surface area contributed by atoms with Crippen molar-refractivity contribution in [2.24, 2.45) is 0 Å². The van der Waals surface area contributed by atoms with Crippen molar-refractivity contribution in [3.05, 3.63) is 23.5 Å².